The molecule has 182 valence electrons. The van der Waals surface area contributed by atoms with Crippen LogP contribution in [0.2, 0.25) is 0 Å². The van der Waals surface area contributed by atoms with E-state index in [-0.39, 0.29) is 42.9 Å². The molecular formula is C23H27N3O7S. The Labute approximate surface area is 198 Å². The number of carbonyl (C=O) groups is 2. The first-order chi connectivity index (χ1) is 16.1. The van der Waals surface area contributed by atoms with Gasteiger partial charge in [-0.1, -0.05) is 0 Å². The van der Waals surface area contributed by atoms with Gasteiger partial charge in [0.15, 0.2) is 6.10 Å². The number of hydrogen-bond acceptors (Lipinski definition) is 7. The van der Waals surface area contributed by atoms with Crippen LogP contribution in [0.15, 0.2) is 35.2 Å². The van der Waals surface area contributed by atoms with Gasteiger partial charge in [0.05, 0.1) is 30.4 Å². The Bertz CT molecular complexity index is 1240. The predicted octanol–water partition coefficient (Wildman–Crippen LogP) is 1.88. The molecule has 1 fully saturated rings. The van der Waals surface area contributed by atoms with Crippen LogP contribution in [-0.2, 0) is 14.8 Å². The zero-order chi connectivity index (χ0) is 24.6. The van der Waals surface area contributed by atoms with Crippen molar-refractivity contribution in [2.24, 2.45) is 0 Å². The van der Waals surface area contributed by atoms with E-state index in [0.717, 1.165) is 0 Å². The zero-order valence-corrected chi connectivity index (χ0v) is 20.3. The van der Waals surface area contributed by atoms with Crippen LogP contribution < -0.4 is 19.5 Å². The van der Waals surface area contributed by atoms with Gasteiger partial charge in [-0.05, 0) is 37.6 Å². The summed E-state index contributed by atoms with van der Waals surface area (Å²) in [5, 5.41) is 2.72. The van der Waals surface area contributed by atoms with Gasteiger partial charge < -0.3 is 24.4 Å². The molecule has 1 atom stereocenters. The maximum Gasteiger partial charge on any atom is 0.265 e. The van der Waals surface area contributed by atoms with Crippen molar-refractivity contribution in [2.75, 3.05) is 45.7 Å². The van der Waals surface area contributed by atoms with E-state index in [0.29, 0.717) is 34.1 Å². The van der Waals surface area contributed by atoms with Crippen molar-refractivity contribution in [3.63, 3.8) is 0 Å². The second-order valence-electron chi connectivity index (χ2n) is 8.13. The summed E-state index contributed by atoms with van der Waals surface area (Å²) in [6, 6.07) is 8.01. The number of methoxy groups -OCH3 is 2. The third kappa shape index (κ3) is 4.28. The zero-order valence-electron chi connectivity index (χ0n) is 19.5. The molecule has 2 aliphatic heterocycles. The largest absolute Gasteiger partial charge is 0.497 e. The maximum absolute atomic E-state index is 13.4. The molecule has 0 aliphatic carbocycles. The third-order valence-corrected chi connectivity index (χ3v) is 8.03. The highest BCUT2D eigenvalue weighted by Crippen LogP contribution is 2.35. The van der Waals surface area contributed by atoms with Crippen LogP contribution in [0.1, 0.15) is 22.8 Å². The Kier molecular flexibility index (Phi) is 6.41. The third-order valence-electron chi connectivity index (χ3n) is 5.99. The van der Waals surface area contributed by atoms with Crippen LogP contribution in [0.3, 0.4) is 0 Å². The molecule has 2 aromatic rings. The van der Waals surface area contributed by atoms with Crippen LogP contribution in [0.4, 0.5) is 5.69 Å². The number of aryl methyl sites for hydroxylation is 1. The number of ether oxygens (including phenoxy) is 3. The summed E-state index contributed by atoms with van der Waals surface area (Å²) in [6.45, 7) is 4.04. The smallest absolute Gasteiger partial charge is 0.265 e. The fourth-order valence-electron chi connectivity index (χ4n) is 4.04. The van der Waals surface area contributed by atoms with E-state index >= 15 is 0 Å². The summed E-state index contributed by atoms with van der Waals surface area (Å²) in [6.07, 6.45) is -0.713. The molecule has 0 unspecified atom stereocenters. The number of amides is 2. The van der Waals surface area contributed by atoms with E-state index in [2.05, 4.69) is 5.32 Å². The minimum absolute atomic E-state index is 0.117. The number of piperazine rings is 1. The molecule has 0 bridgehead atoms. The van der Waals surface area contributed by atoms with E-state index in [1.807, 2.05) is 0 Å². The lowest BCUT2D eigenvalue weighted by Gasteiger charge is -2.34. The summed E-state index contributed by atoms with van der Waals surface area (Å²) < 4.78 is 44.3. The van der Waals surface area contributed by atoms with Crippen molar-refractivity contribution >= 4 is 27.5 Å². The lowest BCUT2D eigenvalue weighted by molar-refractivity contribution is -0.122. The number of nitrogens with zero attached hydrogens (tertiary/aromatic N) is 2. The Hall–Kier alpha value is -3.31. The van der Waals surface area contributed by atoms with Crippen LogP contribution in [0, 0.1) is 6.92 Å². The first kappa shape index (κ1) is 23.8. The van der Waals surface area contributed by atoms with Gasteiger partial charge in [0.25, 0.3) is 11.8 Å². The summed E-state index contributed by atoms with van der Waals surface area (Å²) in [7, 11) is -0.822. The van der Waals surface area contributed by atoms with Crippen LogP contribution in [0.25, 0.3) is 0 Å². The number of rotatable bonds is 5. The minimum atomic E-state index is -3.83. The van der Waals surface area contributed by atoms with Gasteiger partial charge in [-0.15, -0.1) is 0 Å². The van der Waals surface area contributed by atoms with Crippen LogP contribution in [0.5, 0.6) is 17.2 Å². The number of sulfonamides is 1. The molecule has 1 saturated heterocycles. The van der Waals surface area contributed by atoms with Gasteiger partial charge in [-0.2, -0.15) is 4.31 Å². The van der Waals surface area contributed by atoms with Gasteiger partial charge in [-0.25, -0.2) is 8.42 Å². The van der Waals surface area contributed by atoms with Crippen molar-refractivity contribution in [1.29, 1.82) is 0 Å². The lowest BCUT2D eigenvalue weighted by Crippen LogP contribution is -2.50. The fraction of sp³-hybridized carbons (Fsp3) is 0.391. The molecule has 10 nitrogen and oxygen atoms in total. The lowest BCUT2D eigenvalue weighted by atomic mass is 10.1. The topological polar surface area (TPSA) is 114 Å². The van der Waals surface area contributed by atoms with Crippen molar-refractivity contribution in [2.45, 2.75) is 24.8 Å². The monoisotopic (exact) mass is 489 g/mol. The van der Waals surface area contributed by atoms with Gasteiger partial charge in [0.1, 0.15) is 17.2 Å². The average molecular weight is 490 g/mol. The number of fused-ring (bicyclic) bond motifs is 1. The minimum Gasteiger partial charge on any atom is -0.497 e. The van der Waals surface area contributed by atoms with Crippen molar-refractivity contribution < 1.29 is 32.2 Å². The van der Waals surface area contributed by atoms with Crippen LogP contribution in [-0.4, -0.2) is 75.9 Å². The highest BCUT2D eigenvalue weighted by molar-refractivity contribution is 7.89. The summed E-state index contributed by atoms with van der Waals surface area (Å²) in [5.41, 5.74) is 1.33. The molecule has 0 radical (unpaired) electrons. The Morgan fingerprint density at radius 3 is 2.44 bits per heavy atom. The van der Waals surface area contributed by atoms with Gasteiger partial charge in [-0.3, -0.25) is 9.59 Å². The first-order valence-corrected chi connectivity index (χ1v) is 12.2. The number of carbonyl (C=O) groups excluding carboxylic acids is 2. The standard InChI is InChI=1S/C23H27N3O7S/c1-14-11-18-20(33-15(2)22(27)24-18)13-21(14)34(29,30)26-9-7-25(8-10-26)23(28)17-6-5-16(31-3)12-19(17)32-4/h5-6,11-13,15H,7-10H2,1-4H3,(H,24,27)/t15-/m0/s1. The van der Waals surface area contributed by atoms with Crippen molar-refractivity contribution in [3.05, 3.63) is 41.5 Å². The second-order valence-corrected chi connectivity index (χ2v) is 10.0. The Balaban J connectivity index is 1.51. The molecule has 2 aliphatic rings. The second kappa shape index (κ2) is 9.15. The SMILES string of the molecule is COc1ccc(C(=O)N2CCN(S(=O)(=O)c3cc4c(cc3C)NC(=O)[C@H](C)O4)CC2)c(OC)c1. The number of nitrogens with one attached hydrogen (secondary N) is 1. The molecule has 0 saturated carbocycles. The van der Waals surface area contributed by atoms with E-state index in [1.54, 1.807) is 43.0 Å². The molecule has 2 amide bonds. The van der Waals surface area contributed by atoms with Gasteiger partial charge in [0, 0.05) is 38.3 Å². The molecule has 34 heavy (non-hydrogen) atoms. The highest BCUT2D eigenvalue weighted by Gasteiger charge is 2.34. The van der Waals surface area contributed by atoms with Crippen molar-refractivity contribution in [1.82, 2.24) is 9.21 Å². The molecule has 0 spiro atoms. The van der Waals surface area contributed by atoms with Gasteiger partial charge >= 0.3 is 0 Å². The molecule has 2 heterocycles. The average Bonchev–Trinajstić information content (AvgIpc) is 2.83. The van der Waals surface area contributed by atoms with E-state index in [9.17, 15) is 18.0 Å². The Morgan fingerprint density at radius 2 is 1.79 bits per heavy atom. The summed E-state index contributed by atoms with van der Waals surface area (Å²) >= 11 is 0. The highest BCUT2D eigenvalue weighted by atomic mass is 32.2. The molecule has 0 aromatic heterocycles. The first-order valence-electron chi connectivity index (χ1n) is 10.8. The van der Waals surface area contributed by atoms with Crippen molar-refractivity contribution in [3.8, 4) is 17.2 Å². The van der Waals surface area contributed by atoms with E-state index in [4.69, 9.17) is 14.2 Å². The maximum atomic E-state index is 13.4. The fourth-order valence-corrected chi connectivity index (χ4v) is 5.68. The quantitative estimate of drug-likeness (QED) is 0.682. The van der Waals surface area contributed by atoms with Gasteiger partial charge in [0.2, 0.25) is 10.0 Å². The normalized spacial score (nSPS) is 18.5. The number of anilines is 1. The van der Waals surface area contributed by atoms with Crippen LogP contribution >= 0.6 is 0 Å². The van der Waals surface area contributed by atoms with E-state index < -0.39 is 16.1 Å². The Morgan fingerprint density at radius 1 is 1.09 bits per heavy atom. The molecule has 2 aromatic carbocycles. The van der Waals surface area contributed by atoms with E-state index in [1.165, 1.54) is 24.6 Å². The molecule has 11 heteroatoms. The molecule has 4 rings (SSSR count). The number of hydrogen-bond donors (Lipinski definition) is 1. The molecular weight excluding hydrogens is 462 g/mol. The molecule has 1 N–H and O–H groups in total. The summed E-state index contributed by atoms with van der Waals surface area (Å²) in [5.74, 6) is 0.765. The predicted molar refractivity (Wildman–Crippen MR) is 124 cm³/mol. The summed E-state index contributed by atoms with van der Waals surface area (Å²) in [4.78, 5) is 26.6. The number of benzene rings is 2.